The first-order valence-corrected chi connectivity index (χ1v) is 6.58. The van der Waals surface area contributed by atoms with Gasteiger partial charge in [0.1, 0.15) is 5.75 Å². The summed E-state index contributed by atoms with van der Waals surface area (Å²) in [7, 11) is 0. The van der Waals surface area contributed by atoms with Crippen molar-refractivity contribution < 1.29 is 19.4 Å². The van der Waals surface area contributed by atoms with Gasteiger partial charge in [0.25, 0.3) is 0 Å². The van der Waals surface area contributed by atoms with E-state index in [1.165, 1.54) is 0 Å². The van der Waals surface area contributed by atoms with Gasteiger partial charge in [0.2, 0.25) is 5.91 Å². The highest BCUT2D eigenvalue weighted by atomic mass is 35.5. The molecule has 0 radical (unpaired) electrons. The minimum Gasteiger partial charge on any atom is -0.491 e. The van der Waals surface area contributed by atoms with Gasteiger partial charge in [-0.15, -0.1) is 0 Å². The van der Waals surface area contributed by atoms with Crippen molar-refractivity contribution >= 4 is 23.5 Å². The van der Waals surface area contributed by atoms with Gasteiger partial charge < -0.3 is 15.2 Å². The first-order chi connectivity index (χ1) is 9.30. The third kappa shape index (κ3) is 5.93. The molecule has 6 heteroatoms. The molecular formula is C14H18ClNO4. The largest absolute Gasteiger partial charge is 0.491 e. The maximum atomic E-state index is 11.7. The van der Waals surface area contributed by atoms with E-state index in [2.05, 4.69) is 5.32 Å². The molecule has 0 spiro atoms. The van der Waals surface area contributed by atoms with Gasteiger partial charge in [0.05, 0.1) is 24.5 Å². The van der Waals surface area contributed by atoms with Crippen LogP contribution in [0.25, 0.3) is 0 Å². The predicted molar refractivity (Wildman–Crippen MR) is 76.0 cm³/mol. The van der Waals surface area contributed by atoms with E-state index in [1.807, 2.05) is 0 Å². The third-order valence-electron chi connectivity index (χ3n) is 2.49. The van der Waals surface area contributed by atoms with E-state index in [0.29, 0.717) is 10.8 Å². The van der Waals surface area contributed by atoms with Crippen LogP contribution in [-0.4, -0.2) is 29.1 Å². The van der Waals surface area contributed by atoms with Crippen LogP contribution in [0.15, 0.2) is 24.3 Å². The second-order valence-electron chi connectivity index (χ2n) is 5.03. The van der Waals surface area contributed by atoms with Gasteiger partial charge in [-0.3, -0.25) is 9.59 Å². The highest BCUT2D eigenvalue weighted by molar-refractivity contribution is 6.32. The molecule has 0 aliphatic heterocycles. The molecule has 0 heterocycles. The van der Waals surface area contributed by atoms with Crippen molar-refractivity contribution in [2.45, 2.75) is 32.2 Å². The SMILES string of the molecule is CC(C)(CC(=O)O)NC(=O)CCOc1ccccc1Cl. The average molecular weight is 300 g/mol. The number of carbonyl (C=O) groups excluding carboxylic acids is 1. The molecule has 0 saturated carbocycles. The zero-order valence-electron chi connectivity index (χ0n) is 11.5. The maximum Gasteiger partial charge on any atom is 0.305 e. The van der Waals surface area contributed by atoms with Crippen LogP contribution in [-0.2, 0) is 9.59 Å². The summed E-state index contributed by atoms with van der Waals surface area (Å²) in [6.45, 7) is 3.50. The van der Waals surface area contributed by atoms with Gasteiger partial charge in [-0.1, -0.05) is 23.7 Å². The van der Waals surface area contributed by atoms with Crippen LogP contribution in [0, 0.1) is 0 Å². The molecule has 1 rings (SSSR count). The minimum atomic E-state index is -0.956. The molecular weight excluding hydrogens is 282 g/mol. The predicted octanol–water partition coefficient (Wildman–Crippen LogP) is 2.48. The summed E-state index contributed by atoms with van der Waals surface area (Å²) >= 11 is 5.91. The lowest BCUT2D eigenvalue weighted by atomic mass is 10.0. The van der Waals surface area contributed by atoms with E-state index >= 15 is 0 Å². The number of aliphatic carboxylic acids is 1. The van der Waals surface area contributed by atoms with Crippen LogP contribution in [0.1, 0.15) is 26.7 Å². The molecule has 1 aromatic rings. The van der Waals surface area contributed by atoms with Crippen LogP contribution < -0.4 is 10.1 Å². The smallest absolute Gasteiger partial charge is 0.305 e. The van der Waals surface area contributed by atoms with Crippen LogP contribution in [0.5, 0.6) is 5.75 Å². The summed E-state index contributed by atoms with van der Waals surface area (Å²) in [5.41, 5.74) is -0.784. The number of hydrogen-bond donors (Lipinski definition) is 2. The number of carboxylic acids is 1. The Labute approximate surface area is 122 Å². The monoisotopic (exact) mass is 299 g/mol. The molecule has 0 aromatic heterocycles. The summed E-state index contributed by atoms with van der Waals surface area (Å²) in [5, 5.41) is 11.9. The van der Waals surface area contributed by atoms with Gasteiger partial charge in [-0.25, -0.2) is 0 Å². The molecule has 0 bridgehead atoms. The average Bonchev–Trinajstić information content (AvgIpc) is 2.29. The van der Waals surface area contributed by atoms with E-state index in [-0.39, 0.29) is 25.4 Å². The minimum absolute atomic E-state index is 0.133. The van der Waals surface area contributed by atoms with E-state index in [4.69, 9.17) is 21.4 Å². The number of benzene rings is 1. The van der Waals surface area contributed by atoms with Crippen molar-refractivity contribution in [2.24, 2.45) is 0 Å². The number of halogens is 1. The number of ether oxygens (including phenoxy) is 1. The standard InChI is InChI=1S/C14H18ClNO4/c1-14(2,9-13(18)19)16-12(17)7-8-20-11-6-4-3-5-10(11)15/h3-6H,7-9H2,1-2H3,(H,16,17)(H,18,19). The molecule has 110 valence electrons. The molecule has 0 aliphatic rings. The van der Waals surface area contributed by atoms with Crippen molar-refractivity contribution in [3.63, 3.8) is 0 Å². The van der Waals surface area contributed by atoms with Gasteiger partial charge in [0.15, 0.2) is 0 Å². The number of carbonyl (C=O) groups is 2. The van der Waals surface area contributed by atoms with Gasteiger partial charge in [0, 0.05) is 5.54 Å². The molecule has 0 fully saturated rings. The Kier molecular flexibility index (Phi) is 5.82. The van der Waals surface area contributed by atoms with E-state index < -0.39 is 11.5 Å². The Hall–Kier alpha value is -1.75. The fourth-order valence-electron chi connectivity index (χ4n) is 1.68. The van der Waals surface area contributed by atoms with Crippen molar-refractivity contribution in [3.05, 3.63) is 29.3 Å². The second kappa shape index (κ2) is 7.14. The van der Waals surface area contributed by atoms with E-state index in [1.54, 1.807) is 38.1 Å². The summed E-state index contributed by atoms with van der Waals surface area (Å²) < 4.78 is 5.39. The Bertz CT molecular complexity index is 488. The zero-order valence-corrected chi connectivity index (χ0v) is 12.2. The van der Waals surface area contributed by atoms with Crippen LogP contribution in [0.3, 0.4) is 0 Å². The van der Waals surface area contributed by atoms with Crippen molar-refractivity contribution in [3.8, 4) is 5.75 Å². The maximum absolute atomic E-state index is 11.7. The Balaban J connectivity index is 2.37. The summed E-state index contributed by atoms with van der Waals surface area (Å²) in [6.07, 6.45) is -0.00160. The van der Waals surface area contributed by atoms with Crippen LogP contribution in [0.2, 0.25) is 5.02 Å². The van der Waals surface area contributed by atoms with Gasteiger partial charge in [-0.05, 0) is 26.0 Å². The van der Waals surface area contributed by atoms with Crippen molar-refractivity contribution in [2.75, 3.05) is 6.61 Å². The molecule has 1 amide bonds. The number of carboxylic acid groups (broad SMARTS) is 1. The van der Waals surface area contributed by atoms with Gasteiger partial charge >= 0.3 is 5.97 Å². The van der Waals surface area contributed by atoms with E-state index in [0.717, 1.165) is 0 Å². The fraction of sp³-hybridized carbons (Fsp3) is 0.429. The first-order valence-electron chi connectivity index (χ1n) is 6.20. The lowest BCUT2D eigenvalue weighted by Gasteiger charge is -2.24. The zero-order chi connectivity index (χ0) is 15.2. The molecule has 5 nitrogen and oxygen atoms in total. The van der Waals surface area contributed by atoms with Crippen molar-refractivity contribution in [1.82, 2.24) is 5.32 Å². The lowest BCUT2D eigenvalue weighted by molar-refractivity contribution is -0.138. The van der Waals surface area contributed by atoms with E-state index in [9.17, 15) is 9.59 Å². The van der Waals surface area contributed by atoms with Crippen LogP contribution >= 0.6 is 11.6 Å². The topological polar surface area (TPSA) is 75.6 Å². The number of nitrogens with one attached hydrogen (secondary N) is 1. The highest BCUT2D eigenvalue weighted by Gasteiger charge is 2.23. The Morgan fingerprint density at radius 1 is 1.35 bits per heavy atom. The third-order valence-corrected chi connectivity index (χ3v) is 2.81. The van der Waals surface area contributed by atoms with Gasteiger partial charge in [-0.2, -0.15) is 0 Å². The molecule has 2 N–H and O–H groups in total. The molecule has 0 aliphatic carbocycles. The summed E-state index contributed by atoms with van der Waals surface area (Å²) in [6, 6.07) is 7.00. The van der Waals surface area contributed by atoms with Crippen LogP contribution in [0.4, 0.5) is 0 Å². The normalized spacial score (nSPS) is 10.9. The number of hydrogen-bond acceptors (Lipinski definition) is 3. The summed E-state index contributed by atoms with van der Waals surface area (Å²) in [5.74, 6) is -0.697. The van der Waals surface area contributed by atoms with Crippen molar-refractivity contribution in [1.29, 1.82) is 0 Å². The number of para-hydroxylation sites is 1. The highest BCUT2D eigenvalue weighted by Crippen LogP contribution is 2.23. The molecule has 0 unspecified atom stereocenters. The molecule has 0 atom stereocenters. The quantitative estimate of drug-likeness (QED) is 0.811. The fourth-order valence-corrected chi connectivity index (χ4v) is 1.87. The summed E-state index contributed by atoms with van der Waals surface area (Å²) in [4.78, 5) is 22.3. The molecule has 1 aromatic carbocycles. The molecule has 0 saturated heterocycles. The number of amides is 1. The first kappa shape index (κ1) is 16.3. The second-order valence-corrected chi connectivity index (χ2v) is 5.44. The Morgan fingerprint density at radius 3 is 2.60 bits per heavy atom. The number of rotatable bonds is 7. The molecule has 20 heavy (non-hydrogen) atoms. The Morgan fingerprint density at radius 2 is 2.00 bits per heavy atom. The lowest BCUT2D eigenvalue weighted by Crippen LogP contribution is -2.45.